The first-order valence-electron chi connectivity index (χ1n) is 10.3. The van der Waals surface area contributed by atoms with Crippen LogP contribution >= 0.6 is 0 Å². The summed E-state index contributed by atoms with van der Waals surface area (Å²) in [5, 5.41) is 2.87. The van der Waals surface area contributed by atoms with Crippen LogP contribution in [-0.4, -0.2) is 39.2 Å². The smallest absolute Gasteiger partial charge is 0.224 e. The maximum absolute atomic E-state index is 12.2. The van der Waals surface area contributed by atoms with Gasteiger partial charge < -0.3 is 19.4 Å². The number of amides is 2. The SMILES string of the molecule is CCN(CC)C(=O)CCCC(=O)Nc1cccc(OCc2cn3ccccc3n2)c1. The molecule has 2 amide bonds. The molecule has 0 aliphatic carbocycles. The summed E-state index contributed by atoms with van der Waals surface area (Å²) in [5.74, 6) is 0.636. The van der Waals surface area contributed by atoms with Crippen LogP contribution in [-0.2, 0) is 16.2 Å². The number of aromatic nitrogens is 2. The van der Waals surface area contributed by atoms with Gasteiger partial charge in [0.1, 0.15) is 18.0 Å². The minimum atomic E-state index is -0.111. The maximum atomic E-state index is 12.2. The number of imidazole rings is 1. The summed E-state index contributed by atoms with van der Waals surface area (Å²) in [6.45, 7) is 5.65. The third kappa shape index (κ3) is 5.83. The predicted molar refractivity (Wildman–Crippen MR) is 116 cm³/mol. The van der Waals surface area contributed by atoms with E-state index in [1.54, 1.807) is 11.0 Å². The van der Waals surface area contributed by atoms with Gasteiger partial charge in [-0.1, -0.05) is 12.1 Å². The molecule has 7 nitrogen and oxygen atoms in total. The Morgan fingerprint density at radius 1 is 1.10 bits per heavy atom. The van der Waals surface area contributed by atoms with Gasteiger partial charge in [-0.05, 0) is 44.5 Å². The molecule has 7 heteroatoms. The number of rotatable bonds is 10. The van der Waals surface area contributed by atoms with E-state index >= 15 is 0 Å². The summed E-state index contributed by atoms with van der Waals surface area (Å²) < 4.78 is 7.77. The van der Waals surface area contributed by atoms with Crippen molar-refractivity contribution >= 4 is 23.1 Å². The Bertz CT molecular complexity index is 962. The number of pyridine rings is 1. The summed E-state index contributed by atoms with van der Waals surface area (Å²) in [5.41, 5.74) is 2.37. The topological polar surface area (TPSA) is 75.9 Å². The Labute approximate surface area is 176 Å². The minimum absolute atomic E-state index is 0.0927. The molecule has 0 saturated carbocycles. The molecular weight excluding hydrogens is 380 g/mol. The number of benzene rings is 1. The van der Waals surface area contributed by atoms with Crippen LogP contribution in [0.1, 0.15) is 38.8 Å². The zero-order valence-corrected chi connectivity index (χ0v) is 17.5. The maximum Gasteiger partial charge on any atom is 0.224 e. The summed E-state index contributed by atoms with van der Waals surface area (Å²) >= 11 is 0. The van der Waals surface area contributed by atoms with Crippen LogP contribution in [0, 0.1) is 0 Å². The van der Waals surface area contributed by atoms with E-state index in [1.165, 1.54) is 0 Å². The van der Waals surface area contributed by atoms with Crippen molar-refractivity contribution in [1.29, 1.82) is 0 Å². The normalized spacial score (nSPS) is 10.7. The number of ether oxygens (including phenoxy) is 1. The zero-order chi connectivity index (χ0) is 21.3. The van der Waals surface area contributed by atoms with Gasteiger partial charge in [-0.25, -0.2) is 4.98 Å². The van der Waals surface area contributed by atoms with E-state index in [-0.39, 0.29) is 11.8 Å². The average Bonchev–Trinajstić information content (AvgIpc) is 3.16. The summed E-state index contributed by atoms with van der Waals surface area (Å²) in [7, 11) is 0. The molecule has 0 aliphatic heterocycles. The molecule has 0 spiro atoms. The van der Waals surface area contributed by atoms with Crippen LogP contribution in [0.25, 0.3) is 5.65 Å². The first-order valence-corrected chi connectivity index (χ1v) is 10.3. The monoisotopic (exact) mass is 408 g/mol. The highest BCUT2D eigenvalue weighted by Crippen LogP contribution is 2.19. The van der Waals surface area contributed by atoms with Crippen LogP contribution < -0.4 is 10.1 Å². The second-order valence-electron chi connectivity index (χ2n) is 6.98. The second-order valence-corrected chi connectivity index (χ2v) is 6.98. The lowest BCUT2D eigenvalue weighted by molar-refractivity contribution is -0.130. The fourth-order valence-electron chi connectivity index (χ4n) is 3.24. The van der Waals surface area contributed by atoms with E-state index in [9.17, 15) is 9.59 Å². The number of carbonyl (C=O) groups is 2. The molecule has 1 N–H and O–H groups in total. The molecule has 0 radical (unpaired) electrons. The molecule has 2 aromatic heterocycles. The summed E-state index contributed by atoms with van der Waals surface area (Å²) in [6, 6.07) is 13.1. The van der Waals surface area contributed by atoms with E-state index in [4.69, 9.17) is 4.74 Å². The molecule has 0 atom stereocenters. The number of nitrogens with one attached hydrogen (secondary N) is 1. The van der Waals surface area contributed by atoms with Gasteiger partial charge in [0.15, 0.2) is 0 Å². The lowest BCUT2D eigenvalue weighted by atomic mass is 10.2. The van der Waals surface area contributed by atoms with E-state index < -0.39 is 0 Å². The van der Waals surface area contributed by atoms with Crippen molar-refractivity contribution in [2.75, 3.05) is 18.4 Å². The average molecular weight is 409 g/mol. The van der Waals surface area contributed by atoms with E-state index in [0.717, 1.165) is 11.3 Å². The number of hydrogen-bond acceptors (Lipinski definition) is 4. The Kier molecular flexibility index (Phi) is 7.43. The van der Waals surface area contributed by atoms with Crippen LogP contribution in [0.3, 0.4) is 0 Å². The van der Waals surface area contributed by atoms with Gasteiger partial charge in [-0.2, -0.15) is 0 Å². The van der Waals surface area contributed by atoms with Crippen LogP contribution in [0.2, 0.25) is 0 Å². The highest BCUT2D eigenvalue weighted by atomic mass is 16.5. The lowest BCUT2D eigenvalue weighted by Gasteiger charge is -2.18. The van der Waals surface area contributed by atoms with Crippen molar-refractivity contribution in [1.82, 2.24) is 14.3 Å². The fourth-order valence-corrected chi connectivity index (χ4v) is 3.24. The molecular formula is C23H28N4O3. The van der Waals surface area contributed by atoms with Crippen LogP contribution in [0.15, 0.2) is 54.9 Å². The Morgan fingerprint density at radius 2 is 1.93 bits per heavy atom. The molecule has 3 rings (SSSR count). The van der Waals surface area contributed by atoms with Gasteiger partial charge in [-0.15, -0.1) is 0 Å². The molecule has 2 heterocycles. The molecule has 0 bridgehead atoms. The second kappa shape index (κ2) is 10.4. The number of nitrogens with zero attached hydrogens (tertiary/aromatic N) is 3. The van der Waals surface area contributed by atoms with Gasteiger partial charge in [0, 0.05) is 50.1 Å². The lowest BCUT2D eigenvalue weighted by Crippen LogP contribution is -2.30. The third-order valence-electron chi connectivity index (χ3n) is 4.83. The number of carbonyl (C=O) groups excluding carboxylic acids is 2. The zero-order valence-electron chi connectivity index (χ0n) is 17.5. The fraction of sp³-hybridized carbons (Fsp3) is 0.348. The number of anilines is 1. The van der Waals surface area contributed by atoms with Gasteiger partial charge in [0.05, 0.1) is 5.69 Å². The van der Waals surface area contributed by atoms with Crippen molar-refractivity contribution in [3.63, 3.8) is 0 Å². The molecule has 0 fully saturated rings. The Balaban J connectivity index is 1.47. The highest BCUT2D eigenvalue weighted by molar-refractivity contribution is 5.91. The van der Waals surface area contributed by atoms with Gasteiger partial charge in [-0.3, -0.25) is 9.59 Å². The van der Waals surface area contributed by atoms with Crippen molar-refractivity contribution in [3.8, 4) is 5.75 Å². The van der Waals surface area contributed by atoms with Gasteiger partial charge in [0.25, 0.3) is 0 Å². The van der Waals surface area contributed by atoms with E-state index in [2.05, 4.69) is 10.3 Å². The first-order chi connectivity index (χ1) is 14.6. The van der Waals surface area contributed by atoms with Crippen molar-refractivity contribution in [2.45, 2.75) is 39.7 Å². The standard InChI is InChI=1S/C23H28N4O3/c1-3-26(4-2)23(29)13-8-12-22(28)25-18-9-7-10-20(15-18)30-17-19-16-27-14-6-5-11-21(27)24-19/h5-7,9-11,14-16H,3-4,8,12-13,17H2,1-2H3,(H,25,28). The minimum Gasteiger partial charge on any atom is -0.487 e. The largest absolute Gasteiger partial charge is 0.487 e. The molecule has 0 aliphatic rings. The van der Waals surface area contributed by atoms with Crippen molar-refractivity contribution < 1.29 is 14.3 Å². The number of fused-ring (bicyclic) bond motifs is 1. The molecule has 1 aromatic carbocycles. The quantitative estimate of drug-likeness (QED) is 0.552. The Hall–Kier alpha value is -3.35. The van der Waals surface area contributed by atoms with Crippen molar-refractivity contribution in [2.24, 2.45) is 0 Å². The molecule has 3 aromatic rings. The van der Waals surface area contributed by atoms with Gasteiger partial charge in [0.2, 0.25) is 11.8 Å². The van der Waals surface area contributed by atoms with E-state index in [0.29, 0.717) is 50.4 Å². The van der Waals surface area contributed by atoms with Crippen molar-refractivity contribution in [3.05, 3.63) is 60.6 Å². The Morgan fingerprint density at radius 3 is 2.70 bits per heavy atom. The molecule has 0 saturated heterocycles. The molecule has 0 unspecified atom stereocenters. The van der Waals surface area contributed by atoms with E-state index in [1.807, 2.05) is 67.0 Å². The van der Waals surface area contributed by atoms with Crippen LogP contribution in [0.4, 0.5) is 5.69 Å². The third-order valence-corrected chi connectivity index (χ3v) is 4.83. The number of hydrogen-bond donors (Lipinski definition) is 1. The predicted octanol–water partition coefficient (Wildman–Crippen LogP) is 3.89. The highest BCUT2D eigenvalue weighted by Gasteiger charge is 2.11. The summed E-state index contributed by atoms with van der Waals surface area (Å²) in [4.78, 5) is 30.5. The first kappa shape index (κ1) is 21.4. The molecule has 158 valence electrons. The summed E-state index contributed by atoms with van der Waals surface area (Å²) in [6.07, 6.45) is 5.10. The van der Waals surface area contributed by atoms with Crippen LogP contribution in [0.5, 0.6) is 5.75 Å². The van der Waals surface area contributed by atoms with Gasteiger partial charge >= 0.3 is 0 Å². The molecule has 30 heavy (non-hydrogen) atoms.